The molecule has 1 N–H and O–H groups in total. The van der Waals surface area contributed by atoms with Crippen LogP contribution in [0.25, 0.3) is 0 Å². The monoisotopic (exact) mass is 396 g/mol. The molecule has 1 aliphatic carbocycles. The lowest BCUT2D eigenvalue weighted by Crippen LogP contribution is -2.36. The molecule has 1 saturated heterocycles. The number of pyridine rings is 1. The summed E-state index contributed by atoms with van der Waals surface area (Å²) in [6, 6.07) is 14.5. The molecule has 4 rings (SSSR count). The number of nitrogens with one attached hydrogen (secondary N) is 1. The SMILES string of the molecule is CCNCCc1cccc(OC)c1.c1ccc(C2CCOC3(CCCC3)C2)nc1. The zero-order valence-corrected chi connectivity index (χ0v) is 18.0. The molecule has 0 bridgehead atoms. The lowest BCUT2D eigenvalue weighted by Gasteiger charge is -2.38. The van der Waals surface area contributed by atoms with E-state index in [4.69, 9.17) is 9.47 Å². The van der Waals surface area contributed by atoms with Crippen LogP contribution in [-0.2, 0) is 11.2 Å². The molecule has 29 heavy (non-hydrogen) atoms. The number of aromatic nitrogens is 1. The van der Waals surface area contributed by atoms with E-state index in [2.05, 4.69) is 41.5 Å². The average Bonchev–Trinajstić information content (AvgIpc) is 3.22. The largest absolute Gasteiger partial charge is 0.497 e. The van der Waals surface area contributed by atoms with Crippen molar-refractivity contribution in [2.75, 3.05) is 26.8 Å². The van der Waals surface area contributed by atoms with Gasteiger partial charge in [-0.1, -0.05) is 38.0 Å². The Bertz CT molecular complexity index is 714. The molecular weight excluding hydrogens is 360 g/mol. The van der Waals surface area contributed by atoms with Crippen LogP contribution in [0.2, 0.25) is 0 Å². The maximum Gasteiger partial charge on any atom is 0.119 e. The summed E-state index contributed by atoms with van der Waals surface area (Å²) >= 11 is 0. The second kappa shape index (κ2) is 11.3. The predicted molar refractivity (Wildman–Crippen MR) is 119 cm³/mol. The van der Waals surface area contributed by atoms with E-state index in [0.29, 0.717) is 5.92 Å². The molecule has 2 heterocycles. The second-order valence-electron chi connectivity index (χ2n) is 8.14. The topological polar surface area (TPSA) is 43.4 Å². The van der Waals surface area contributed by atoms with Gasteiger partial charge in [0.05, 0.1) is 12.7 Å². The van der Waals surface area contributed by atoms with Crippen LogP contribution in [0, 0.1) is 0 Å². The van der Waals surface area contributed by atoms with Crippen molar-refractivity contribution in [1.82, 2.24) is 10.3 Å². The van der Waals surface area contributed by atoms with Crippen molar-refractivity contribution in [3.8, 4) is 5.75 Å². The number of hydrogen-bond acceptors (Lipinski definition) is 4. The van der Waals surface area contributed by atoms with Crippen molar-refractivity contribution in [1.29, 1.82) is 0 Å². The quantitative estimate of drug-likeness (QED) is 0.687. The van der Waals surface area contributed by atoms with Crippen LogP contribution in [0.1, 0.15) is 62.6 Å². The van der Waals surface area contributed by atoms with E-state index in [1.54, 1.807) is 7.11 Å². The molecular formula is C25H36N2O2. The molecule has 1 unspecified atom stereocenters. The molecule has 1 atom stereocenters. The van der Waals surface area contributed by atoms with Crippen LogP contribution in [0.3, 0.4) is 0 Å². The van der Waals surface area contributed by atoms with E-state index in [9.17, 15) is 0 Å². The maximum atomic E-state index is 6.05. The lowest BCUT2D eigenvalue weighted by molar-refractivity contribution is -0.0809. The minimum atomic E-state index is 0.209. The van der Waals surface area contributed by atoms with Gasteiger partial charge < -0.3 is 14.8 Å². The molecule has 1 saturated carbocycles. The van der Waals surface area contributed by atoms with Gasteiger partial charge in [0.2, 0.25) is 0 Å². The van der Waals surface area contributed by atoms with Crippen LogP contribution in [0.4, 0.5) is 0 Å². The predicted octanol–water partition coefficient (Wildman–Crippen LogP) is 5.14. The molecule has 1 aromatic carbocycles. The molecule has 4 nitrogen and oxygen atoms in total. The maximum absolute atomic E-state index is 6.05. The number of hydrogen-bond donors (Lipinski definition) is 1. The van der Waals surface area contributed by atoms with Gasteiger partial charge in [0.15, 0.2) is 0 Å². The van der Waals surface area contributed by atoms with Crippen LogP contribution in [0.5, 0.6) is 5.75 Å². The Hall–Kier alpha value is -1.91. The van der Waals surface area contributed by atoms with Gasteiger partial charge in [0.1, 0.15) is 5.75 Å². The van der Waals surface area contributed by atoms with Gasteiger partial charge in [0.25, 0.3) is 0 Å². The molecule has 4 heteroatoms. The normalized spacial score (nSPS) is 20.1. The summed E-state index contributed by atoms with van der Waals surface area (Å²) in [5.74, 6) is 1.56. The standard InChI is InChI=1S/C14H19NO.C11H17NO/c1-4-9-15-13(5-1)12-6-10-16-14(11-12)7-2-3-8-14;1-3-12-8-7-10-5-4-6-11(9-10)13-2/h1,4-5,9,12H,2-3,6-8,10-11H2;4-6,9,12H,3,7-8H2,1-2H3. The number of rotatable bonds is 6. The Labute approximate surface area is 176 Å². The summed E-state index contributed by atoms with van der Waals surface area (Å²) in [7, 11) is 1.70. The Balaban J connectivity index is 0.000000170. The van der Waals surface area contributed by atoms with Crippen molar-refractivity contribution in [3.05, 3.63) is 59.9 Å². The van der Waals surface area contributed by atoms with Crippen molar-refractivity contribution in [2.24, 2.45) is 0 Å². The smallest absolute Gasteiger partial charge is 0.119 e. The highest BCUT2D eigenvalue weighted by molar-refractivity contribution is 5.28. The molecule has 2 aromatic rings. The van der Waals surface area contributed by atoms with Crippen molar-refractivity contribution >= 4 is 0 Å². The van der Waals surface area contributed by atoms with Gasteiger partial charge in [-0.2, -0.15) is 0 Å². The van der Waals surface area contributed by atoms with Crippen molar-refractivity contribution < 1.29 is 9.47 Å². The Morgan fingerprint density at radius 3 is 2.76 bits per heavy atom. The summed E-state index contributed by atoms with van der Waals surface area (Å²) in [4.78, 5) is 4.50. The number of likely N-dealkylation sites (N-methyl/N-ethyl adjacent to an activating group) is 1. The van der Waals surface area contributed by atoms with Crippen molar-refractivity contribution in [3.63, 3.8) is 0 Å². The van der Waals surface area contributed by atoms with Crippen molar-refractivity contribution in [2.45, 2.75) is 63.4 Å². The molecule has 158 valence electrons. The van der Waals surface area contributed by atoms with Gasteiger partial charge in [-0.15, -0.1) is 0 Å². The van der Waals surface area contributed by atoms with E-state index in [-0.39, 0.29) is 5.60 Å². The van der Waals surface area contributed by atoms with Gasteiger partial charge in [-0.25, -0.2) is 0 Å². The number of methoxy groups -OCH3 is 1. The summed E-state index contributed by atoms with van der Waals surface area (Å²) < 4.78 is 11.2. The Morgan fingerprint density at radius 1 is 1.17 bits per heavy atom. The van der Waals surface area contributed by atoms with E-state index in [1.807, 2.05) is 24.4 Å². The highest BCUT2D eigenvalue weighted by atomic mass is 16.5. The van der Waals surface area contributed by atoms with Gasteiger partial charge in [0, 0.05) is 24.4 Å². The third-order valence-corrected chi connectivity index (χ3v) is 6.09. The Morgan fingerprint density at radius 2 is 2.03 bits per heavy atom. The zero-order chi connectivity index (χ0) is 20.4. The van der Waals surface area contributed by atoms with Gasteiger partial charge in [-0.05, 0) is 75.0 Å². The minimum Gasteiger partial charge on any atom is -0.497 e. The third-order valence-electron chi connectivity index (χ3n) is 6.09. The van der Waals surface area contributed by atoms with Gasteiger partial charge >= 0.3 is 0 Å². The highest BCUT2D eigenvalue weighted by Gasteiger charge is 2.40. The summed E-state index contributed by atoms with van der Waals surface area (Å²) in [5.41, 5.74) is 2.79. The lowest BCUT2D eigenvalue weighted by atomic mass is 9.83. The zero-order valence-electron chi connectivity index (χ0n) is 18.0. The van der Waals surface area contributed by atoms with Crippen LogP contribution in [-0.4, -0.2) is 37.4 Å². The van der Waals surface area contributed by atoms with Crippen LogP contribution < -0.4 is 10.1 Å². The first kappa shape index (κ1) is 21.8. The first-order valence-electron chi connectivity index (χ1n) is 11.1. The third kappa shape index (κ3) is 6.55. The molecule has 0 radical (unpaired) electrons. The summed E-state index contributed by atoms with van der Waals surface area (Å²) in [6.45, 7) is 5.10. The molecule has 0 amide bonds. The van der Waals surface area contributed by atoms with E-state index in [1.165, 1.54) is 43.4 Å². The fourth-order valence-electron chi connectivity index (χ4n) is 4.50. The number of nitrogens with zero attached hydrogens (tertiary/aromatic N) is 1. The fraction of sp³-hybridized carbons (Fsp3) is 0.560. The van der Waals surface area contributed by atoms with Gasteiger partial charge in [-0.3, -0.25) is 4.98 Å². The molecule has 2 aliphatic rings. The average molecular weight is 397 g/mol. The minimum absolute atomic E-state index is 0.209. The second-order valence-corrected chi connectivity index (χ2v) is 8.14. The van der Waals surface area contributed by atoms with Crippen LogP contribution >= 0.6 is 0 Å². The first-order valence-corrected chi connectivity index (χ1v) is 11.1. The highest BCUT2D eigenvalue weighted by Crippen LogP contribution is 2.44. The molecule has 1 aromatic heterocycles. The van der Waals surface area contributed by atoms with E-state index >= 15 is 0 Å². The molecule has 1 aliphatic heterocycles. The number of benzene rings is 1. The molecule has 1 spiro atoms. The Kier molecular flexibility index (Phi) is 8.51. The summed E-state index contributed by atoms with van der Waals surface area (Å²) in [5, 5.41) is 3.29. The molecule has 2 fully saturated rings. The van der Waals surface area contributed by atoms with E-state index < -0.39 is 0 Å². The first-order chi connectivity index (χ1) is 14.2. The number of ether oxygens (including phenoxy) is 2. The van der Waals surface area contributed by atoms with Crippen LogP contribution in [0.15, 0.2) is 48.7 Å². The van der Waals surface area contributed by atoms with E-state index in [0.717, 1.165) is 38.3 Å². The fourth-order valence-corrected chi connectivity index (χ4v) is 4.50. The summed E-state index contributed by atoms with van der Waals surface area (Å²) in [6.07, 6.45) is 10.5.